The van der Waals surface area contributed by atoms with Gasteiger partial charge in [-0.15, -0.1) is 0 Å². The van der Waals surface area contributed by atoms with Crippen molar-refractivity contribution >= 4 is 0 Å². The van der Waals surface area contributed by atoms with Gasteiger partial charge in [0, 0.05) is 25.7 Å². The van der Waals surface area contributed by atoms with Gasteiger partial charge in [0.05, 0.1) is 24.7 Å². The Morgan fingerprint density at radius 3 is 2.88 bits per heavy atom. The van der Waals surface area contributed by atoms with E-state index in [9.17, 15) is 0 Å². The molecule has 1 aliphatic heterocycles. The lowest BCUT2D eigenvalue weighted by Gasteiger charge is -2.33. The highest BCUT2D eigenvalue weighted by Crippen LogP contribution is 2.27. The monoisotopic (exact) mass is 338 g/mol. The van der Waals surface area contributed by atoms with E-state index in [1.165, 1.54) is 16.7 Å². The summed E-state index contributed by atoms with van der Waals surface area (Å²) in [5.41, 5.74) is 4.75. The van der Waals surface area contributed by atoms with Gasteiger partial charge in [-0.1, -0.05) is 28.9 Å². The second-order valence-corrected chi connectivity index (χ2v) is 6.61. The van der Waals surface area contributed by atoms with E-state index in [1.54, 1.807) is 6.26 Å². The molecule has 5 heteroatoms. The van der Waals surface area contributed by atoms with E-state index in [0.29, 0.717) is 11.5 Å². The number of morpholine rings is 1. The van der Waals surface area contributed by atoms with Gasteiger partial charge >= 0.3 is 0 Å². The van der Waals surface area contributed by atoms with Gasteiger partial charge in [0.25, 0.3) is 0 Å². The molecule has 1 fully saturated rings. The summed E-state index contributed by atoms with van der Waals surface area (Å²) in [4.78, 5) is 2.36. The zero-order chi connectivity index (χ0) is 17.2. The summed E-state index contributed by atoms with van der Waals surface area (Å²) in [6.45, 7) is 7.48. The van der Waals surface area contributed by atoms with Crippen LogP contribution in [-0.4, -0.2) is 29.8 Å². The van der Waals surface area contributed by atoms with Crippen molar-refractivity contribution < 1.29 is 13.7 Å². The molecule has 0 spiro atoms. The Labute approximate surface area is 147 Å². The number of hydrogen-bond acceptors (Lipinski definition) is 5. The zero-order valence-electron chi connectivity index (χ0n) is 14.6. The maximum Gasteiger partial charge on any atom is 0.202 e. The van der Waals surface area contributed by atoms with Crippen molar-refractivity contribution in [1.82, 2.24) is 10.1 Å². The molecule has 25 heavy (non-hydrogen) atoms. The molecule has 0 saturated carbocycles. The summed E-state index contributed by atoms with van der Waals surface area (Å²) in [6, 6.07) is 12.2. The van der Waals surface area contributed by atoms with E-state index < -0.39 is 0 Å². The minimum absolute atomic E-state index is 0.103. The highest BCUT2D eigenvalue weighted by Gasteiger charge is 2.24. The molecule has 0 aliphatic carbocycles. The second-order valence-electron chi connectivity index (χ2n) is 6.61. The van der Waals surface area contributed by atoms with Gasteiger partial charge in [0.1, 0.15) is 0 Å². The maximum atomic E-state index is 6.02. The van der Waals surface area contributed by atoms with Crippen molar-refractivity contribution in [3.05, 3.63) is 65.0 Å². The molecule has 3 heterocycles. The predicted molar refractivity (Wildman–Crippen MR) is 94.1 cm³/mol. The molecule has 130 valence electrons. The summed E-state index contributed by atoms with van der Waals surface area (Å²) >= 11 is 0. The molecule has 5 nitrogen and oxygen atoms in total. The molecule has 1 atom stereocenters. The first-order chi connectivity index (χ1) is 12.2. The van der Waals surface area contributed by atoms with Gasteiger partial charge in [0.15, 0.2) is 5.76 Å². The van der Waals surface area contributed by atoms with Crippen LogP contribution in [0.1, 0.15) is 28.5 Å². The topological polar surface area (TPSA) is 51.6 Å². The summed E-state index contributed by atoms with van der Waals surface area (Å²) in [7, 11) is 0. The Kier molecular flexibility index (Phi) is 4.42. The van der Waals surface area contributed by atoms with Crippen LogP contribution in [0, 0.1) is 13.8 Å². The second kappa shape index (κ2) is 6.86. The fraction of sp³-hybridized carbons (Fsp3) is 0.350. The van der Waals surface area contributed by atoms with E-state index >= 15 is 0 Å². The number of benzene rings is 1. The molecular weight excluding hydrogens is 316 g/mol. The maximum absolute atomic E-state index is 6.02. The number of nitrogens with zero attached hydrogens (tertiary/aromatic N) is 2. The normalized spacial score (nSPS) is 18.6. The summed E-state index contributed by atoms with van der Waals surface area (Å²) < 4.78 is 16.8. The van der Waals surface area contributed by atoms with Crippen LogP contribution in [0.15, 0.2) is 51.6 Å². The van der Waals surface area contributed by atoms with Crippen molar-refractivity contribution in [3.63, 3.8) is 0 Å². The van der Waals surface area contributed by atoms with Crippen LogP contribution in [0.2, 0.25) is 0 Å². The zero-order valence-corrected chi connectivity index (χ0v) is 14.6. The molecule has 2 aromatic heterocycles. The fourth-order valence-electron chi connectivity index (χ4n) is 3.37. The van der Waals surface area contributed by atoms with Crippen molar-refractivity contribution in [1.29, 1.82) is 0 Å². The van der Waals surface area contributed by atoms with Gasteiger partial charge < -0.3 is 13.7 Å². The minimum Gasteiger partial charge on any atom is -0.461 e. The van der Waals surface area contributed by atoms with Crippen molar-refractivity contribution in [2.45, 2.75) is 26.5 Å². The van der Waals surface area contributed by atoms with Gasteiger partial charge in [-0.25, -0.2) is 0 Å². The molecule has 0 radical (unpaired) electrons. The Bertz CT molecular complexity index is 839. The third-order valence-electron chi connectivity index (χ3n) is 4.63. The van der Waals surface area contributed by atoms with Crippen molar-refractivity contribution in [3.8, 4) is 11.5 Å². The van der Waals surface area contributed by atoms with Crippen LogP contribution >= 0.6 is 0 Å². The van der Waals surface area contributed by atoms with E-state index in [1.807, 2.05) is 18.2 Å². The summed E-state index contributed by atoms with van der Waals surface area (Å²) in [5, 5.41) is 4.18. The molecule has 0 amide bonds. The molecule has 0 bridgehead atoms. The summed E-state index contributed by atoms with van der Waals surface area (Å²) in [5.74, 6) is 1.37. The van der Waals surface area contributed by atoms with Crippen LogP contribution < -0.4 is 0 Å². The Morgan fingerprint density at radius 2 is 2.08 bits per heavy atom. The molecule has 1 aliphatic rings. The Balaban J connectivity index is 1.45. The van der Waals surface area contributed by atoms with Gasteiger partial charge in [-0.3, -0.25) is 4.90 Å². The molecule has 0 N–H and O–H groups in total. The lowest BCUT2D eigenvalue weighted by molar-refractivity contribution is -0.0337. The van der Waals surface area contributed by atoms with E-state index in [-0.39, 0.29) is 6.10 Å². The molecule has 1 aromatic carbocycles. The number of aromatic nitrogens is 1. The van der Waals surface area contributed by atoms with Gasteiger partial charge in [0.2, 0.25) is 5.76 Å². The lowest BCUT2D eigenvalue weighted by atomic mass is 10.00. The average molecular weight is 338 g/mol. The van der Waals surface area contributed by atoms with Crippen molar-refractivity contribution in [2.24, 2.45) is 0 Å². The average Bonchev–Trinajstić information content (AvgIpc) is 3.26. The first kappa shape index (κ1) is 16.1. The fourth-order valence-corrected chi connectivity index (χ4v) is 3.37. The highest BCUT2D eigenvalue weighted by atomic mass is 16.5. The summed E-state index contributed by atoms with van der Waals surface area (Å²) in [6.07, 6.45) is 1.74. The predicted octanol–water partition coefficient (Wildman–Crippen LogP) is 4.12. The van der Waals surface area contributed by atoms with E-state index in [4.69, 9.17) is 13.7 Å². The number of ether oxygens (including phenoxy) is 1. The lowest BCUT2D eigenvalue weighted by Crippen LogP contribution is -2.38. The molecule has 1 saturated heterocycles. The number of rotatable bonds is 4. The van der Waals surface area contributed by atoms with E-state index in [2.05, 4.69) is 42.1 Å². The molecule has 1 unspecified atom stereocenters. The third kappa shape index (κ3) is 3.52. The van der Waals surface area contributed by atoms with Crippen LogP contribution in [0.25, 0.3) is 11.5 Å². The first-order valence-corrected chi connectivity index (χ1v) is 8.59. The molecule has 4 rings (SSSR count). The largest absolute Gasteiger partial charge is 0.461 e. The Morgan fingerprint density at radius 1 is 1.16 bits per heavy atom. The SMILES string of the molecule is Cc1ccc(C2CN(Cc3cc(-c4ccco4)on3)CCO2)c(C)c1. The quantitative estimate of drug-likeness (QED) is 0.716. The Hall–Kier alpha value is -2.37. The smallest absolute Gasteiger partial charge is 0.202 e. The molecule has 3 aromatic rings. The van der Waals surface area contributed by atoms with Crippen LogP contribution in [0.5, 0.6) is 0 Å². The highest BCUT2D eigenvalue weighted by molar-refractivity contribution is 5.49. The third-order valence-corrected chi connectivity index (χ3v) is 4.63. The minimum atomic E-state index is 0.103. The number of aryl methyl sites for hydroxylation is 2. The first-order valence-electron chi connectivity index (χ1n) is 8.59. The van der Waals surface area contributed by atoms with Crippen LogP contribution in [-0.2, 0) is 11.3 Å². The molecular formula is C20H22N2O3. The van der Waals surface area contributed by atoms with E-state index in [0.717, 1.165) is 31.9 Å². The van der Waals surface area contributed by atoms with Crippen LogP contribution in [0.3, 0.4) is 0 Å². The number of furan rings is 1. The van der Waals surface area contributed by atoms with Crippen molar-refractivity contribution in [2.75, 3.05) is 19.7 Å². The van der Waals surface area contributed by atoms with Gasteiger partial charge in [-0.05, 0) is 37.1 Å². The number of hydrogen-bond donors (Lipinski definition) is 0. The van der Waals surface area contributed by atoms with Gasteiger partial charge in [-0.2, -0.15) is 0 Å². The van der Waals surface area contributed by atoms with Crippen LogP contribution in [0.4, 0.5) is 0 Å². The standard InChI is InChI=1S/C20H22N2O3/c1-14-5-6-17(15(2)10-14)20-13-22(7-9-24-20)12-16-11-19(25-21-16)18-4-3-8-23-18/h3-6,8,10-11,20H,7,9,12-13H2,1-2H3.